The minimum absolute atomic E-state index is 0.0704. The third-order valence-electron chi connectivity index (χ3n) is 12.7. The van der Waals surface area contributed by atoms with E-state index in [1.807, 2.05) is 27.7 Å². The summed E-state index contributed by atoms with van der Waals surface area (Å²) in [5.41, 5.74) is -0.645. The van der Waals surface area contributed by atoms with Crippen molar-refractivity contribution < 1.29 is 32.4 Å². The highest BCUT2D eigenvalue weighted by molar-refractivity contribution is 7.87. The lowest BCUT2D eigenvalue weighted by Crippen LogP contribution is -2.60. The molecule has 53 heavy (non-hydrogen) atoms. The van der Waals surface area contributed by atoms with Crippen LogP contribution >= 0.6 is 0 Å². The molecule has 298 valence electrons. The molecule has 14 heteroatoms. The van der Waals surface area contributed by atoms with Crippen LogP contribution in [0.15, 0.2) is 12.7 Å². The molecule has 2 saturated heterocycles. The molecule has 0 aromatic rings. The van der Waals surface area contributed by atoms with Gasteiger partial charge in [-0.3, -0.25) is 19.2 Å². The molecule has 0 radical (unpaired) electrons. The van der Waals surface area contributed by atoms with Crippen LogP contribution in [0.25, 0.3) is 0 Å². The summed E-state index contributed by atoms with van der Waals surface area (Å²) in [4.78, 5) is 70.3. The number of nitrogens with zero attached hydrogens (tertiary/aromatic N) is 3. The van der Waals surface area contributed by atoms with Gasteiger partial charge in [0.05, 0.1) is 6.04 Å². The van der Waals surface area contributed by atoms with Crippen LogP contribution in [0.1, 0.15) is 106 Å². The Balaban J connectivity index is 1.32. The Morgan fingerprint density at radius 3 is 2.23 bits per heavy atom. The number of hydrogen-bond donors (Lipinski definition) is 3. The summed E-state index contributed by atoms with van der Waals surface area (Å²) >= 11 is 0. The Bertz CT molecular complexity index is 1520. The second-order valence-corrected chi connectivity index (χ2v) is 19.9. The molecule has 3 N–H and O–H groups in total. The van der Waals surface area contributed by atoms with Gasteiger partial charge in [0.1, 0.15) is 6.04 Å². The number of rotatable bonds is 17. The van der Waals surface area contributed by atoms with E-state index in [-0.39, 0.29) is 54.4 Å². The first-order chi connectivity index (χ1) is 24.9. The van der Waals surface area contributed by atoms with E-state index in [0.717, 1.165) is 44.9 Å². The van der Waals surface area contributed by atoms with Crippen LogP contribution in [-0.2, 0) is 29.4 Å². The Morgan fingerprint density at radius 2 is 1.62 bits per heavy atom. The van der Waals surface area contributed by atoms with Crippen molar-refractivity contribution in [1.29, 1.82) is 0 Å². The summed E-state index contributed by atoms with van der Waals surface area (Å²) in [6.45, 7) is 17.6. The highest BCUT2D eigenvalue weighted by Crippen LogP contribution is 2.65. The van der Waals surface area contributed by atoms with Crippen molar-refractivity contribution in [2.75, 3.05) is 39.3 Å². The second kappa shape index (κ2) is 16.5. The fraction of sp³-hybridized carbons (Fsp3) is 0.821. The van der Waals surface area contributed by atoms with E-state index < -0.39 is 57.4 Å². The number of fused-ring (bicyclic) bond motifs is 1. The maximum absolute atomic E-state index is 14.7. The molecular weight excluding hydrogens is 697 g/mol. The number of ketones is 2. The van der Waals surface area contributed by atoms with Crippen LogP contribution in [0.2, 0.25) is 0 Å². The predicted molar refractivity (Wildman–Crippen MR) is 203 cm³/mol. The van der Waals surface area contributed by atoms with Crippen molar-refractivity contribution in [1.82, 2.24) is 29.5 Å². The summed E-state index contributed by atoms with van der Waals surface area (Å²) in [6, 6.07) is -2.68. The van der Waals surface area contributed by atoms with Crippen molar-refractivity contribution in [3.63, 3.8) is 0 Å². The zero-order valence-electron chi connectivity index (χ0n) is 32.8. The fourth-order valence-corrected chi connectivity index (χ4v) is 10.7. The number of nitrogens with one attached hydrogen (secondary N) is 3. The number of Topliss-reactive ketones (excluding diaryl/α,β-unsaturated/α-hetero) is 2. The SMILES string of the molecule is C=CCNC(=O)C(=O)C(CCC)CC(=O)[C@@H]1[C@@H]2[C@H](CN1C(=O)[C@@H](NC(=O)N[C@H](CN1CCN(CC3CC3)S1(=O)=O)C(C)(C)C)C1CCCCC1)C2(C)C. The van der Waals surface area contributed by atoms with Crippen LogP contribution in [-0.4, -0.2) is 109 Å². The van der Waals surface area contributed by atoms with Crippen molar-refractivity contribution >= 4 is 39.6 Å². The molecule has 0 aromatic heterocycles. The Morgan fingerprint density at radius 1 is 0.962 bits per heavy atom. The first-order valence-corrected chi connectivity index (χ1v) is 21.4. The normalized spacial score (nSPS) is 27.3. The number of carbonyl (C=O) groups is 5. The lowest BCUT2D eigenvalue weighted by atomic mass is 9.82. The molecule has 5 rings (SSSR count). The van der Waals surface area contributed by atoms with Crippen molar-refractivity contribution in [3.05, 3.63) is 12.7 Å². The molecule has 6 atom stereocenters. The summed E-state index contributed by atoms with van der Waals surface area (Å²) in [6.07, 6.45) is 8.90. The predicted octanol–water partition coefficient (Wildman–Crippen LogP) is 3.65. The monoisotopic (exact) mass is 760 g/mol. The minimum atomic E-state index is -3.64. The molecule has 3 aliphatic carbocycles. The van der Waals surface area contributed by atoms with E-state index in [1.54, 1.807) is 9.21 Å². The first kappa shape index (κ1) is 41.3. The maximum atomic E-state index is 14.7. The number of hydrogen-bond acceptors (Lipinski definition) is 7. The van der Waals surface area contributed by atoms with Crippen molar-refractivity contribution in [2.45, 2.75) is 124 Å². The molecule has 3 saturated carbocycles. The zero-order chi connectivity index (χ0) is 38.9. The number of urea groups is 1. The van der Waals surface area contributed by atoms with Gasteiger partial charge in [-0.05, 0) is 66.6 Å². The molecule has 1 unspecified atom stereocenters. The molecular formula is C39H64N6O7S. The van der Waals surface area contributed by atoms with Crippen molar-refractivity contribution in [3.8, 4) is 0 Å². The molecule has 5 aliphatic rings. The number of piperidine rings is 1. The van der Waals surface area contributed by atoms with Gasteiger partial charge in [0.15, 0.2) is 5.78 Å². The minimum Gasteiger partial charge on any atom is -0.346 e. The van der Waals surface area contributed by atoms with Gasteiger partial charge >= 0.3 is 6.03 Å². The molecule has 0 spiro atoms. The van der Waals surface area contributed by atoms with Gasteiger partial charge in [-0.2, -0.15) is 17.0 Å². The molecule has 2 heterocycles. The average Bonchev–Trinajstić information content (AvgIpc) is 3.92. The van der Waals surface area contributed by atoms with E-state index in [2.05, 4.69) is 36.4 Å². The van der Waals surface area contributed by atoms with E-state index >= 15 is 0 Å². The molecule has 2 aliphatic heterocycles. The van der Waals surface area contributed by atoms with E-state index in [0.29, 0.717) is 44.9 Å². The van der Waals surface area contributed by atoms with Crippen molar-refractivity contribution in [2.24, 2.45) is 40.4 Å². The zero-order valence-corrected chi connectivity index (χ0v) is 33.6. The molecule has 0 aromatic carbocycles. The third kappa shape index (κ3) is 9.35. The molecule has 5 fully saturated rings. The van der Waals surface area contributed by atoms with Gasteiger partial charge in [0.2, 0.25) is 11.7 Å². The number of amides is 4. The van der Waals surface area contributed by atoms with Crippen LogP contribution in [0.4, 0.5) is 4.79 Å². The van der Waals surface area contributed by atoms with Gasteiger partial charge < -0.3 is 20.9 Å². The van der Waals surface area contributed by atoms with Crippen LogP contribution in [0.5, 0.6) is 0 Å². The van der Waals surface area contributed by atoms with Crippen LogP contribution < -0.4 is 16.0 Å². The lowest BCUT2D eigenvalue weighted by molar-refractivity contribution is -0.144. The number of likely N-dealkylation sites (tertiary alicyclic amines) is 1. The largest absolute Gasteiger partial charge is 0.346 e. The average molecular weight is 761 g/mol. The Labute approximate surface area is 317 Å². The molecule has 4 amide bonds. The first-order valence-electron chi connectivity index (χ1n) is 20.0. The van der Waals surface area contributed by atoms with E-state index in [4.69, 9.17) is 0 Å². The highest BCUT2D eigenvalue weighted by Gasteiger charge is 2.69. The lowest BCUT2D eigenvalue weighted by Gasteiger charge is -2.38. The van der Waals surface area contributed by atoms with Gasteiger partial charge in [-0.25, -0.2) is 4.79 Å². The Hall–Kier alpha value is -2.84. The van der Waals surface area contributed by atoms with E-state index in [1.165, 1.54) is 10.4 Å². The fourth-order valence-electron chi connectivity index (χ4n) is 9.04. The van der Waals surface area contributed by atoms with Gasteiger partial charge in [0.25, 0.3) is 16.1 Å². The van der Waals surface area contributed by atoms with Crippen LogP contribution in [0, 0.1) is 40.4 Å². The van der Waals surface area contributed by atoms with Gasteiger partial charge in [0, 0.05) is 57.6 Å². The molecule has 13 nitrogen and oxygen atoms in total. The summed E-state index contributed by atoms with van der Waals surface area (Å²) in [5, 5.41) is 8.62. The van der Waals surface area contributed by atoms with Gasteiger partial charge in [-0.1, -0.05) is 73.3 Å². The summed E-state index contributed by atoms with van der Waals surface area (Å²) < 4.78 is 29.8. The summed E-state index contributed by atoms with van der Waals surface area (Å²) in [5.74, 6) is -2.31. The van der Waals surface area contributed by atoms with Gasteiger partial charge in [-0.15, -0.1) is 6.58 Å². The highest BCUT2D eigenvalue weighted by atomic mass is 32.2. The topological polar surface area (TPSA) is 165 Å². The maximum Gasteiger partial charge on any atom is 0.315 e. The standard InChI is InChI=1S/C39H64N6O7S/c1-8-13-27(34(47)35(48)40-18-9-2)21-29(46)33-31-28(39(31,6)7)23-45(33)36(49)32(26-14-11-10-12-15-26)42-37(50)41-30(38(3,4)5)24-44-20-19-43(53(44,51)52)22-25-16-17-25/h9,25-28,30-33H,2,8,10-24H2,1,3-7H3,(H,40,48)(H2,41,42,50)/t27?,28-,30+,31-,32-,33+/m0/s1. The summed E-state index contributed by atoms with van der Waals surface area (Å²) in [7, 11) is -3.64. The van der Waals surface area contributed by atoms with Crippen LogP contribution in [0.3, 0.4) is 0 Å². The smallest absolute Gasteiger partial charge is 0.315 e. The number of carbonyl (C=O) groups excluding carboxylic acids is 5. The Kier molecular flexibility index (Phi) is 12.9. The molecule has 0 bridgehead atoms. The third-order valence-corrected chi connectivity index (χ3v) is 14.7. The quantitative estimate of drug-likeness (QED) is 0.151. The second-order valence-electron chi connectivity index (χ2n) is 18.0. The van der Waals surface area contributed by atoms with E-state index in [9.17, 15) is 32.4 Å².